The molecule has 0 fully saturated rings. The van der Waals surface area contributed by atoms with Crippen molar-refractivity contribution in [3.63, 3.8) is 0 Å². The Morgan fingerprint density at radius 1 is 0.941 bits per heavy atom. The highest BCUT2D eigenvalue weighted by Crippen LogP contribution is 2.27. The van der Waals surface area contributed by atoms with Gasteiger partial charge in [0.05, 0.1) is 0 Å². The van der Waals surface area contributed by atoms with Crippen LogP contribution in [0.2, 0.25) is 0 Å². The summed E-state index contributed by atoms with van der Waals surface area (Å²) in [5.74, 6) is -2.96. The largest absolute Gasteiger partial charge is 0.362 e. The van der Waals surface area contributed by atoms with Crippen LogP contribution < -0.4 is 0 Å². The molecule has 0 aliphatic rings. The molecule has 0 aromatic rings. The maximum Gasteiger partial charge on any atom is 0.188 e. The third-order valence-electron chi connectivity index (χ3n) is 2.77. The molecular formula is C14H26O3. The van der Waals surface area contributed by atoms with Crippen LogP contribution in [0, 0.1) is 0 Å². The van der Waals surface area contributed by atoms with Crippen molar-refractivity contribution in [3.05, 3.63) is 25.3 Å². The topological polar surface area (TPSA) is 49.7 Å². The SMILES string of the molecule is C=CC(O)(CCCC)OC(O)(C=C)CCCC. The van der Waals surface area contributed by atoms with Crippen molar-refractivity contribution in [2.75, 3.05) is 0 Å². The number of hydrogen-bond donors (Lipinski definition) is 2. The predicted molar refractivity (Wildman–Crippen MR) is 70.4 cm³/mol. The first-order chi connectivity index (χ1) is 7.95. The molecule has 0 bridgehead atoms. The van der Waals surface area contributed by atoms with Crippen LogP contribution in [0.3, 0.4) is 0 Å². The van der Waals surface area contributed by atoms with Gasteiger partial charge < -0.3 is 14.9 Å². The van der Waals surface area contributed by atoms with E-state index >= 15 is 0 Å². The van der Waals surface area contributed by atoms with Gasteiger partial charge in [0, 0.05) is 12.8 Å². The van der Waals surface area contributed by atoms with E-state index < -0.39 is 11.6 Å². The fourth-order valence-electron chi connectivity index (χ4n) is 1.56. The summed E-state index contributed by atoms with van der Waals surface area (Å²) in [4.78, 5) is 0. The highest BCUT2D eigenvalue weighted by molar-refractivity contribution is 4.95. The van der Waals surface area contributed by atoms with Gasteiger partial charge in [-0.3, -0.25) is 0 Å². The summed E-state index contributed by atoms with van der Waals surface area (Å²) in [5.41, 5.74) is 0. The summed E-state index contributed by atoms with van der Waals surface area (Å²) < 4.78 is 5.40. The second-order valence-electron chi connectivity index (χ2n) is 4.41. The van der Waals surface area contributed by atoms with E-state index in [9.17, 15) is 10.2 Å². The van der Waals surface area contributed by atoms with Gasteiger partial charge in [0.25, 0.3) is 0 Å². The van der Waals surface area contributed by atoms with Crippen LogP contribution in [-0.4, -0.2) is 21.8 Å². The van der Waals surface area contributed by atoms with E-state index in [0.29, 0.717) is 12.8 Å². The minimum absolute atomic E-state index is 0.426. The molecule has 2 N–H and O–H groups in total. The summed E-state index contributed by atoms with van der Waals surface area (Å²) in [6, 6.07) is 0. The second-order valence-corrected chi connectivity index (χ2v) is 4.41. The van der Waals surface area contributed by atoms with E-state index in [1.807, 2.05) is 13.8 Å². The van der Waals surface area contributed by atoms with Gasteiger partial charge in [-0.2, -0.15) is 0 Å². The molecule has 0 saturated carbocycles. The fraction of sp³-hybridized carbons (Fsp3) is 0.714. The van der Waals surface area contributed by atoms with Crippen LogP contribution in [0.4, 0.5) is 0 Å². The molecule has 0 heterocycles. The summed E-state index contributed by atoms with van der Waals surface area (Å²) in [6.07, 6.45) is 7.03. The quantitative estimate of drug-likeness (QED) is 0.457. The lowest BCUT2D eigenvalue weighted by Gasteiger charge is -2.34. The summed E-state index contributed by atoms with van der Waals surface area (Å²) in [6.45, 7) is 11.2. The standard InChI is InChI=1S/C14H26O3/c1-5-9-11-13(15,7-3)17-14(16,8-4)12-10-6-2/h7-8,15-16H,3-6,9-12H2,1-2H3. The Labute approximate surface area is 105 Å². The van der Waals surface area contributed by atoms with Crippen molar-refractivity contribution in [3.8, 4) is 0 Å². The van der Waals surface area contributed by atoms with E-state index in [1.54, 1.807) is 0 Å². The predicted octanol–water partition coefficient (Wildman–Crippen LogP) is 3.13. The number of unbranched alkanes of at least 4 members (excludes halogenated alkanes) is 2. The Balaban J connectivity index is 4.58. The van der Waals surface area contributed by atoms with Gasteiger partial charge in [0.2, 0.25) is 0 Å². The zero-order valence-corrected chi connectivity index (χ0v) is 11.1. The molecule has 2 unspecified atom stereocenters. The Kier molecular flexibility index (Phi) is 7.35. The molecule has 100 valence electrons. The minimum atomic E-state index is -1.48. The molecule has 17 heavy (non-hydrogen) atoms. The van der Waals surface area contributed by atoms with Gasteiger partial charge in [0.15, 0.2) is 11.6 Å². The summed E-state index contributed by atoms with van der Waals surface area (Å²) >= 11 is 0. The first kappa shape index (κ1) is 16.4. The normalized spacial score (nSPS) is 18.1. The number of rotatable bonds is 10. The van der Waals surface area contributed by atoms with E-state index in [-0.39, 0.29) is 0 Å². The van der Waals surface area contributed by atoms with Gasteiger partial charge in [-0.15, -0.1) is 0 Å². The molecule has 0 aliphatic carbocycles. The summed E-state index contributed by atoms with van der Waals surface area (Å²) in [5, 5.41) is 20.3. The van der Waals surface area contributed by atoms with Gasteiger partial charge in [-0.25, -0.2) is 0 Å². The average Bonchev–Trinajstić information content (AvgIpc) is 2.34. The van der Waals surface area contributed by atoms with Crippen LogP contribution in [0.1, 0.15) is 52.4 Å². The Hall–Kier alpha value is -0.640. The van der Waals surface area contributed by atoms with E-state index in [2.05, 4.69) is 13.2 Å². The third-order valence-corrected chi connectivity index (χ3v) is 2.77. The Morgan fingerprint density at radius 2 is 1.29 bits per heavy atom. The zero-order valence-electron chi connectivity index (χ0n) is 11.1. The third kappa shape index (κ3) is 6.01. The van der Waals surface area contributed by atoms with Crippen molar-refractivity contribution >= 4 is 0 Å². The van der Waals surface area contributed by atoms with E-state index in [0.717, 1.165) is 25.7 Å². The molecule has 0 radical (unpaired) electrons. The van der Waals surface area contributed by atoms with Gasteiger partial charge in [0.1, 0.15) is 0 Å². The van der Waals surface area contributed by atoms with Crippen molar-refractivity contribution in [2.45, 2.75) is 63.9 Å². The van der Waals surface area contributed by atoms with Crippen LogP contribution in [0.15, 0.2) is 25.3 Å². The number of ether oxygens (including phenoxy) is 1. The van der Waals surface area contributed by atoms with E-state index in [1.165, 1.54) is 12.2 Å². The molecule has 3 heteroatoms. The van der Waals surface area contributed by atoms with E-state index in [4.69, 9.17) is 4.74 Å². The first-order valence-electron chi connectivity index (χ1n) is 6.37. The van der Waals surface area contributed by atoms with Gasteiger partial charge in [-0.05, 0) is 25.0 Å². The number of hydrogen-bond acceptors (Lipinski definition) is 3. The van der Waals surface area contributed by atoms with Crippen molar-refractivity contribution < 1.29 is 14.9 Å². The Bertz CT molecular complexity index is 216. The first-order valence-corrected chi connectivity index (χ1v) is 6.37. The maximum absolute atomic E-state index is 10.2. The van der Waals surface area contributed by atoms with Crippen LogP contribution >= 0.6 is 0 Å². The van der Waals surface area contributed by atoms with Crippen molar-refractivity contribution in [2.24, 2.45) is 0 Å². The van der Waals surface area contributed by atoms with Crippen molar-refractivity contribution in [1.29, 1.82) is 0 Å². The van der Waals surface area contributed by atoms with Gasteiger partial charge in [-0.1, -0.05) is 39.8 Å². The molecule has 0 aromatic heterocycles. The molecule has 0 saturated heterocycles. The molecule has 0 spiro atoms. The van der Waals surface area contributed by atoms with Crippen LogP contribution in [0.5, 0.6) is 0 Å². The minimum Gasteiger partial charge on any atom is -0.362 e. The maximum atomic E-state index is 10.2. The molecule has 2 atom stereocenters. The number of aliphatic hydroxyl groups is 2. The lowest BCUT2D eigenvalue weighted by molar-refractivity contribution is -0.296. The van der Waals surface area contributed by atoms with Crippen LogP contribution in [-0.2, 0) is 4.74 Å². The monoisotopic (exact) mass is 242 g/mol. The smallest absolute Gasteiger partial charge is 0.188 e. The molecule has 0 amide bonds. The zero-order chi connectivity index (χ0) is 13.4. The molecule has 0 rings (SSSR count). The highest BCUT2D eigenvalue weighted by Gasteiger charge is 2.34. The molecule has 0 aliphatic heterocycles. The molecule has 3 nitrogen and oxygen atoms in total. The highest BCUT2D eigenvalue weighted by atomic mass is 16.7. The molecule has 0 aromatic carbocycles. The summed E-state index contributed by atoms with van der Waals surface area (Å²) in [7, 11) is 0. The van der Waals surface area contributed by atoms with Crippen LogP contribution in [0.25, 0.3) is 0 Å². The second kappa shape index (κ2) is 7.64. The fourth-order valence-corrected chi connectivity index (χ4v) is 1.56. The lowest BCUT2D eigenvalue weighted by Crippen LogP contribution is -2.42. The lowest BCUT2D eigenvalue weighted by atomic mass is 10.1. The average molecular weight is 242 g/mol. The molecular weight excluding hydrogens is 216 g/mol. The van der Waals surface area contributed by atoms with Gasteiger partial charge >= 0.3 is 0 Å². The van der Waals surface area contributed by atoms with Crippen molar-refractivity contribution in [1.82, 2.24) is 0 Å². The Morgan fingerprint density at radius 3 is 1.53 bits per heavy atom.